The molecule has 1 aliphatic carbocycles. The number of allylic oxidation sites excluding steroid dienone is 2. The van der Waals surface area contributed by atoms with Gasteiger partial charge in [0.15, 0.2) is 17.3 Å². The van der Waals surface area contributed by atoms with Crippen LogP contribution >= 0.6 is 11.8 Å². The van der Waals surface area contributed by atoms with Gasteiger partial charge in [0.2, 0.25) is 11.9 Å². The molecular formula is C24H25N5O3S. The molecule has 33 heavy (non-hydrogen) atoms. The number of benzene rings is 2. The Hall–Kier alpha value is -3.46. The number of ether oxygens (including phenoxy) is 2. The van der Waals surface area contributed by atoms with Gasteiger partial charge in [0.1, 0.15) is 6.04 Å². The number of hydrogen-bond acceptors (Lipinski definition) is 8. The fraction of sp³-hybridized carbons (Fsp3) is 0.292. The number of nitrogens with one attached hydrogen (secondary N) is 1. The molecule has 3 N–H and O–H groups in total. The lowest BCUT2D eigenvalue weighted by Crippen LogP contribution is -2.33. The zero-order valence-corrected chi connectivity index (χ0v) is 19.5. The topological polar surface area (TPSA) is 104 Å². The number of ketones is 1. The summed E-state index contributed by atoms with van der Waals surface area (Å²) < 4.78 is 12.6. The third-order valence-corrected chi connectivity index (χ3v) is 6.99. The molecular weight excluding hydrogens is 438 g/mol. The number of aromatic nitrogens is 3. The first-order chi connectivity index (χ1) is 16.0. The van der Waals surface area contributed by atoms with Crippen molar-refractivity contribution in [3.8, 4) is 11.5 Å². The van der Waals surface area contributed by atoms with Crippen LogP contribution in [-0.4, -0.2) is 41.0 Å². The Bertz CT molecular complexity index is 1250. The standard InChI is InChI=1S/C24H25N5O3S/c1-31-19-9-6-14(12-20(19)32-2)15-10-17-21(18(30)11-15)22(13-4-7-16(33-3)8-5-13)29-24(26-17)27-23(25)28-29/h4-9,12,15,22H,10-11H2,1-3H3,(H3,25,26,27,28)/t15-,22+/m1/s1. The number of fused-ring (bicyclic) bond motifs is 1. The summed E-state index contributed by atoms with van der Waals surface area (Å²) in [6.07, 6.45) is 3.10. The van der Waals surface area contributed by atoms with Crippen molar-refractivity contribution in [3.05, 3.63) is 64.9 Å². The second kappa shape index (κ2) is 8.47. The Labute approximate surface area is 196 Å². The van der Waals surface area contributed by atoms with Gasteiger partial charge in [-0.1, -0.05) is 18.2 Å². The smallest absolute Gasteiger partial charge is 0.241 e. The van der Waals surface area contributed by atoms with Crippen molar-refractivity contribution >= 4 is 29.4 Å². The van der Waals surface area contributed by atoms with Crippen molar-refractivity contribution in [2.24, 2.45) is 0 Å². The molecule has 0 fully saturated rings. The first kappa shape index (κ1) is 21.4. The second-order valence-corrected chi connectivity index (χ2v) is 8.95. The Morgan fingerprint density at radius 3 is 2.48 bits per heavy atom. The van der Waals surface area contributed by atoms with Crippen LogP contribution in [0.3, 0.4) is 0 Å². The fourth-order valence-corrected chi connectivity index (χ4v) is 5.07. The monoisotopic (exact) mass is 463 g/mol. The van der Waals surface area contributed by atoms with Crippen LogP contribution in [0, 0.1) is 0 Å². The molecule has 1 aliphatic heterocycles. The van der Waals surface area contributed by atoms with Gasteiger partial charge in [-0.25, -0.2) is 4.68 Å². The SMILES string of the molecule is COc1ccc([C@H]2CC(=O)C3=C(C2)Nc2nc(N)nn2[C@H]3c2ccc(SC)cc2)cc1OC. The van der Waals surface area contributed by atoms with E-state index in [1.165, 1.54) is 0 Å². The van der Waals surface area contributed by atoms with Crippen LogP contribution in [0.2, 0.25) is 0 Å². The average Bonchev–Trinajstić information content (AvgIpc) is 3.21. The largest absolute Gasteiger partial charge is 0.493 e. The minimum absolute atomic E-state index is 0.00916. The van der Waals surface area contributed by atoms with Crippen LogP contribution in [0.4, 0.5) is 11.9 Å². The molecule has 2 aromatic carbocycles. The van der Waals surface area contributed by atoms with E-state index >= 15 is 0 Å². The van der Waals surface area contributed by atoms with E-state index in [-0.39, 0.29) is 23.7 Å². The number of anilines is 2. The zero-order chi connectivity index (χ0) is 23.1. The highest BCUT2D eigenvalue weighted by Gasteiger charge is 2.39. The van der Waals surface area contributed by atoms with E-state index in [1.807, 2.05) is 36.6 Å². The fourth-order valence-electron chi connectivity index (χ4n) is 4.67. The molecule has 2 aliphatic rings. The number of carbonyl (C=O) groups is 1. The normalized spacial score (nSPS) is 19.5. The molecule has 5 rings (SSSR count). The summed E-state index contributed by atoms with van der Waals surface area (Å²) in [5.74, 6) is 2.13. The van der Waals surface area contributed by atoms with E-state index < -0.39 is 0 Å². The first-order valence-corrected chi connectivity index (χ1v) is 11.9. The lowest BCUT2D eigenvalue weighted by atomic mass is 9.78. The molecule has 3 aromatic rings. The van der Waals surface area contributed by atoms with Gasteiger partial charge in [-0.2, -0.15) is 4.98 Å². The van der Waals surface area contributed by atoms with Gasteiger partial charge in [0.25, 0.3) is 0 Å². The predicted molar refractivity (Wildman–Crippen MR) is 128 cm³/mol. The van der Waals surface area contributed by atoms with E-state index in [2.05, 4.69) is 27.5 Å². The molecule has 0 radical (unpaired) electrons. The Morgan fingerprint density at radius 2 is 1.79 bits per heavy atom. The number of nitrogen functional groups attached to an aromatic ring is 1. The minimum Gasteiger partial charge on any atom is -0.493 e. The third-order valence-electron chi connectivity index (χ3n) is 6.25. The highest BCUT2D eigenvalue weighted by atomic mass is 32.2. The number of nitrogens with two attached hydrogens (primary N) is 1. The second-order valence-electron chi connectivity index (χ2n) is 8.07. The molecule has 0 bridgehead atoms. The van der Waals surface area contributed by atoms with Gasteiger partial charge in [0.05, 0.1) is 14.2 Å². The van der Waals surface area contributed by atoms with E-state index in [9.17, 15) is 4.79 Å². The van der Waals surface area contributed by atoms with Crippen molar-refractivity contribution in [1.29, 1.82) is 0 Å². The summed E-state index contributed by atoms with van der Waals surface area (Å²) >= 11 is 1.68. The van der Waals surface area contributed by atoms with Gasteiger partial charge in [-0.15, -0.1) is 16.9 Å². The third kappa shape index (κ3) is 3.72. The van der Waals surface area contributed by atoms with Gasteiger partial charge in [0, 0.05) is 22.6 Å². The molecule has 0 spiro atoms. The van der Waals surface area contributed by atoms with Crippen LogP contribution in [0.1, 0.15) is 35.9 Å². The lowest BCUT2D eigenvalue weighted by molar-refractivity contribution is -0.116. The maximum Gasteiger partial charge on any atom is 0.241 e. The minimum atomic E-state index is -0.365. The van der Waals surface area contributed by atoms with E-state index in [0.29, 0.717) is 30.3 Å². The molecule has 0 saturated heterocycles. The number of thioether (sulfide) groups is 1. The average molecular weight is 464 g/mol. The van der Waals surface area contributed by atoms with Gasteiger partial charge >= 0.3 is 0 Å². The van der Waals surface area contributed by atoms with Gasteiger partial charge in [-0.05, 0) is 54.0 Å². The summed E-state index contributed by atoms with van der Waals surface area (Å²) in [4.78, 5) is 19.1. The van der Waals surface area contributed by atoms with Gasteiger partial charge < -0.3 is 20.5 Å². The van der Waals surface area contributed by atoms with Gasteiger partial charge in [-0.3, -0.25) is 4.79 Å². The lowest BCUT2D eigenvalue weighted by Gasteiger charge is -2.35. The molecule has 0 saturated carbocycles. The molecule has 170 valence electrons. The Morgan fingerprint density at radius 1 is 1.06 bits per heavy atom. The maximum atomic E-state index is 13.6. The molecule has 1 aromatic heterocycles. The van der Waals surface area contributed by atoms with Crippen molar-refractivity contribution < 1.29 is 14.3 Å². The van der Waals surface area contributed by atoms with Crippen LogP contribution in [0.5, 0.6) is 11.5 Å². The van der Waals surface area contributed by atoms with Crippen molar-refractivity contribution in [2.45, 2.75) is 29.7 Å². The number of nitrogens with zero attached hydrogens (tertiary/aromatic N) is 3. The first-order valence-electron chi connectivity index (χ1n) is 10.6. The summed E-state index contributed by atoms with van der Waals surface area (Å²) in [5, 5.41) is 7.73. The Balaban J connectivity index is 1.56. The zero-order valence-electron chi connectivity index (χ0n) is 18.7. The Kier molecular flexibility index (Phi) is 5.49. The van der Waals surface area contributed by atoms with Crippen LogP contribution in [0.25, 0.3) is 0 Å². The summed E-state index contributed by atoms with van der Waals surface area (Å²) in [7, 11) is 3.22. The summed E-state index contributed by atoms with van der Waals surface area (Å²) in [6, 6.07) is 13.7. The quantitative estimate of drug-likeness (QED) is 0.547. The van der Waals surface area contributed by atoms with Crippen molar-refractivity contribution in [1.82, 2.24) is 14.8 Å². The highest BCUT2D eigenvalue weighted by molar-refractivity contribution is 7.98. The number of hydrogen-bond donors (Lipinski definition) is 2. The molecule has 0 amide bonds. The number of methoxy groups -OCH3 is 2. The summed E-state index contributed by atoms with van der Waals surface area (Å²) in [5.41, 5.74) is 9.53. The number of carbonyl (C=O) groups excluding carboxylic acids is 1. The molecule has 2 heterocycles. The number of rotatable bonds is 5. The predicted octanol–water partition coefficient (Wildman–Crippen LogP) is 4.02. The molecule has 0 unspecified atom stereocenters. The highest BCUT2D eigenvalue weighted by Crippen LogP contribution is 2.45. The number of Topliss-reactive ketones (excluding diaryl/α,β-unsaturated/α-hetero) is 1. The van der Waals surface area contributed by atoms with Crippen LogP contribution < -0.4 is 20.5 Å². The van der Waals surface area contributed by atoms with Crippen LogP contribution in [0.15, 0.2) is 58.6 Å². The van der Waals surface area contributed by atoms with E-state index in [1.54, 1.807) is 30.7 Å². The summed E-state index contributed by atoms with van der Waals surface area (Å²) in [6.45, 7) is 0. The van der Waals surface area contributed by atoms with Crippen molar-refractivity contribution in [2.75, 3.05) is 31.5 Å². The van der Waals surface area contributed by atoms with E-state index in [0.717, 1.165) is 27.3 Å². The van der Waals surface area contributed by atoms with Crippen LogP contribution in [-0.2, 0) is 4.79 Å². The maximum absolute atomic E-state index is 13.6. The molecule has 9 heteroatoms. The molecule has 2 atom stereocenters. The van der Waals surface area contributed by atoms with E-state index in [4.69, 9.17) is 15.2 Å². The van der Waals surface area contributed by atoms with Crippen molar-refractivity contribution in [3.63, 3.8) is 0 Å². The molecule has 8 nitrogen and oxygen atoms in total.